The molecule has 0 aliphatic heterocycles. The van der Waals surface area contributed by atoms with Crippen molar-refractivity contribution in [1.29, 1.82) is 10.5 Å². The van der Waals surface area contributed by atoms with Crippen LogP contribution in [0.3, 0.4) is 0 Å². The maximum atomic E-state index is 14.3. The molecule has 0 bridgehead atoms. The van der Waals surface area contributed by atoms with Crippen molar-refractivity contribution < 1.29 is 18.0 Å². The number of oxime groups is 1. The van der Waals surface area contributed by atoms with Gasteiger partial charge in [0.1, 0.15) is 7.11 Å². The van der Waals surface area contributed by atoms with E-state index in [1.54, 1.807) is 0 Å². The Hall–Kier alpha value is -1.76. The van der Waals surface area contributed by atoms with E-state index in [-0.39, 0.29) is 19.3 Å². The average molecular weight is 301 g/mol. The van der Waals surface area contributed by atoms with Gasteiger partial charge in [0.25, 0.3) is 5.92 Å². The summed E-state index contributed by atoms with van der Waals surface area (Å²) in [6.45, 7) is 1.36. The molecule has 1 rings (SSSR count). The lowest BCUT2D eigenvalue weighted by molar-refractivity contribution is -0.145. The Morgan fingerprint density at radius 2 is 1.86 bits per heavy atom. The van der Waals surface area contributed by atoms with Crippen LogP contribution in [0.2, 0.25) is 0 Å². The Kier molecular flexibility index (Phi) is 5.60. The summed E-state index contributed by atoms with van der Waals surface area (Å²) in [4.78, 5) is 4.60. The molecule has 0 spiro atoms. The van der Waals surface area contributed by atoms with Crippen LogP contribution in [-0.2, 0) is 4.84 Å². The molecule has 0 amide bonds. The Morgan fingerprint density at radius 1 is 1.33 bits per heavy atom. The predicted octanol–water partition coefficient (Wildman–Crippen LogP) is 3.60. The van der Waals surface area contributed by atoms with Gasteiger partial charge in [-0.05, 0) is 32.1 Å². The SMILES string of the molecule is CCC(C#N)(C#N)C(F)C(F)(F)C1CCC(=NOC)CC1. The van der Waals surface area contributed by atoms with Gasteiger partial charge in [0.2, 0.25) is 0 Å². The molecule has 0 heterocycles. The molecule has 1 saturated carbocycles. The minimum atomic E-state index is -3.71. The first kappa shape index (κ1) is 17.3. The van der Waals surface area contributed by atoms with E-state index in [9.17, 15) is 13.2 Å². The summed E-state index contributed by atoms with van der Waals surface area (Å²) in [6.07, 6.45) is -2.34. The highest BCUT2D eigenvalue weighted by Gasteiger charge is 2.58. The quantitative estimate of drug-likeness (QED) is 0.728. The molecular formula is C14H18F3N3O. The number of rotatable bonds is 5. The summed E-state index contributed by atoms with van der Waals surface area (Å²) in [7, 11) is 1.38. The zero-order valence-electron chi connectivity index (χ0n) is 12.1. The van der Waals surface area contributed by atoms with Gasteiger partial charge < -0.3 is 4.84 Å². The van der Waals surface area contributed by atoms with Crippen molar-refractivity contribution in [2.75, 3.05) is 7.11 Å². The van der Waals surface area contributed by atoms with Gasteiger partial charge in [0.15, 0.2) is 11.6 Å². The Balaban J connectivity index is 2.90. The topological polar surface area (TPSA) is 69.2 Å². The summed E-state index contributed by atoms with van der Waals surface area (Å²) in [5, 5.41) is 21.6. The van der Waals surface area contributed by atoms with E-state index in [2.05, 4.69) is 9.99 Å². The van der Waals surface area contributed by atoms with E-state index >= 15 is 0 Å². The Morgan fingerprint density at radius 3 is 2.24 bits per heavy atom. The van der Waals surface area contributed by atoms with E-state index < -0.39 is 23.4 Å². The Labute approximate surface area is 122 Å². The molecule has 0 N–H and O–H groups in total. The fraction of sp³-hybridized carbons (Fsp3) is 0.786. The van der Waals surface area contributed by atoms with Crippen molar-refractivity contribution >= 4 is 5.71 Å². The number of nitrogens with zero attached hydrogens (tertiary/aromatic N) is 3. The van der Waals surface area contributed by atoms with Gasteiger partial charge in [-0.2, -0.15) is 10.5 Å². The molecule has 0 radical (unpaired) electrons. The summed E-state index contributed by atoms with van der Waals surface area (Å²) < 4.78 is 42.9. The van der Waals surface area contributed by atoms with Crippen LogP contribution in [0.1, 0.15) is 39.0 Å². The highest BCUT2D eigenvalue weighted by atomic mass is 19.3. The van der Waals surface area contributed by atoms with E-state index in [4.69, 9.17) is 10.5 Å². The van der Waals surface area contributed by atoms with Gasteiger partial charge in [-0.15, -0.1) is 0 Å². The first-order valence-electron chi connectivity index (χ1n) is 6.81. The zero-order chi connectivity index (χ0) is 16.1. The molecule has 0 aromatic carbocycles. The molecule has 116 valence electrons. The molecule has 1 unspecified atom stereocenters. The molecule has 0 aromatic rings. The largest absolute Gasteiger partial charge is 0.399 e. The van der Waals surface area contributed by atoms with Crippen molar-refractivity contribution in [3.63, 3.8) is 0 Å². The van der Waals surface area contributed by atoms with Crippen molar-refractivity contribution in [2.45, 2.75) is 51.1 Å². The van der Waals surface area contributed by atoms with Gasteiger partial charge in [-0.3, -0.25) is 0 Å². The van der Waals surface area contributed by atoms with Crippen molar-refractivity contribution in [3.8, 4) is 12.1 Å². The van der Waals surface area contributed by atoms with Crippen molar-refractivity contribution in [1.82, 2.24) is 0 Å². The molecule has 1 atom stereocenters. The lowest BCUT2D eigenvalue weighted by Crippen LogP contribution is -2.48. The summed E-state index contributed by atoms with van der Waals surface area (Å²) in [5.41, 5.74) is -1.63. The zero-order valence-corrected chi connectivity index (χ0v) is 12.1. The van der Waals surface area contributed by atoms with Gasteiger partial charge >= 0.3 is 0 Å². The van der Waals surface area contributed by atoms with Crippen molar-refractivity contribution in [3.05, 3.63) is 0 Å². The van der Waals surface area contributed by atoms with Gasteiger partial charge in [-0.1, -0.05) is 12.1 Å². The molecular weight excluding hydrogens is 283 g/mol. The first-order chi connectivity index (χ1) is 9.87. The third kappa shape index (κ3) is 3.29. The van der Waals surface area contributed by atoms with E-state index in [1.165, 1.54) is 26.2 Å². The summed E-state index contributed by atoms with van der Waals surface area (Å²) in [5.74, 6) is -4.91. The lowest BCUT2D eigenvalue weighted by Gasteiger charge is -2.36. The molecule has 7 heteroatoms. The standard InChI is InChI=1S/C14H18F3N3O/c1-3-13(8-18,9-19)12(15)14(16,17)10-4-6-11(7-5-10)20-21-2/h10,12H,3-7H2,1-2H3. The fourth-order valence-electron chi connectivity index (χ4n) is 2.57. The maximum Gasteiger partial charge on any atom is 0.284 e. The van der Waals surface area contributed by atoms with Crippen LogP contribution < -0.4 is 0 Å². The number of alkyl halides is 3. The Bertz CT molecular complexity index is 455. The highest BCUT2D eigenvalue weighted by Crippen LogP contribution is 2.46. The predicted molar refractivity (Wildman–Crippen MR) is 70.2 cm³/mol. The van der Waals surface area contributed by atoms with Crippen LogP contribution in [0.4, 0.5) is 13.2 Å². The van der Waals surface area contributed by atoms with E-state index in [1.807, 2.05) is 0 Å². The van der Waals surface area contributed by atoms with Gasteiger partial charge in [0, 0.05) is 5.92 Å². The fourth-order valence-corrected chi connectivity index (χ4v) is 2.57. The third-order valence-electron chi connectivity index (χ3n) is 4.05. The summed E-state index contributed by atoms with van der Waals surface area (Å²) >= 11 is 0. The maximum absolute atomic E-state index is 14.3. The monoisotopic (exact) mass is 301 g/mol. The molecule has 1 aliphatic rings. The lowest BCUT2D eigenvalue weighted by atomic mass is 9.73. The second-order valence-electron chi connectivity index (χ2n) is 5.20. The van der Waals surface area contributed by atoms with Crippen LogP contribution in [-0.4, -0.2) is 24.9 Å². The minimum Gasteiger partial charge on any atom is -0.399 e. The molecule has 0 saturated heterocycles. The number of halogens is 3. The van der Waals surface area contributed by atoms with E-state index in [0.717, 1.165) is 0 Å². The van der Waals surface area contributed by atoms with Gasteiger partial charge in [0.05, 0.1) is 17.9 Å². The van der Waals surface area contributed by atoms with Crippen LogP contribution in [0.15, 0.2) is 5.16 Å². The molecule has 0 aromatic heterocycles. The molecule has 4 nitrogen and oxygen atoms in total. The smallest absolute Gasteiger partial charge is 0.284 e. The van der Waals surface area contributed by atoms with Crippen LogP contribution in [0.5, 0.6) is 0 Å². The van der Waals surface area contributed by atoms with Crippen LogP contribution >= 0.6 is 0 Å². The molecule has 1 aliphatic carbocycles. The van der Waals surface area contributed by atoms with Crippen LogP contribution in [0.25, 0.3) is 0 Å². The van der Waals surface area contributed by atoms with Crippen molar-refractivity contribution in [2.24, 2.45) is 16.5 Å². The second-order valence-corrected chi connectivity index (χ2v) is 5.20. The number of nitriles is 2. The third-order valence-corrected chi connectivity index (χ3v) is 4.05. The normalized spacial score (nSPS) is 21.1. The molecule has 1 fully saturated rings. The molecule has 21 heavy (non-hydrogen) atoms. The summed E-state index contributed by atoms with van der Waals surface area (Å²) in [6, 6.07) is 2.86. The first-order valence-corrected chi connectivity index (χ1v) is 6.81. The van der Waals surface area contributed by atoms with Crippen LogP contribution in [0, 0.1) is 34.0 Å². The second kappa shape index (κ2) is 6.80. The number of hydrogen-bond donors (Lipinski definition) is 0. The highest BCUT2D eigenvalue weighted by molar-refractivity contribution is 5.84. The van der Waals surface area contributed by atoms with Gasteiger partial charge in [-0.25, -0.2) is 13.2 Å². The average Bonchev–Trinajstić information content (AvgIpc) is 2.50. The van der Waals surface area contributed by atoms with E-state index in [0.29, 0.717) is 18.6 Å². The minimum absolute atomic E-state index is 0.0618. The number of hydrogen-bond acceptors (Lipinski definition) is 4.